The van der Waals surface area contributed by atoms with E-state index in [-0.39, 0.29) is 30.1 Å². The van der Waals surface area contributed by atoms with Crippen LogP contribution in [0.5, 0.6) is 0 Å². The predicted octanol–water partition coefficient (Wildman–Crippen LogP) is 13.4. The van der Waals surface area contributed by atoms with Gasteiger partial charge in [0.05, 0.1) is 12.8 Å². The van der Waals surface area contributed by atoms with E-state index in [0.717, 1.165) is 191 Å². The number of esters is 3. The summed E-state index contributed by atoms with van der Waals surface area (Å²) >= 11 is 0. The van der Waals surface area contributed by atoms with Gasteiger partial charge in [0.15, 0.2) is 6.54 Å². The maximum absolute atomic E-state index is 13.8. The zero-order chi connectivity index (χ0) is 42.4. The second-order valence-electron chi connectivity index (χ2n) is 17.2. The molecule has 0 aliphatic carbocycles. The Labute approximate surface area is 351 Å². The van der Waals surface area contributed by atoms with E-state index in [9.17, 15) is 19.3 Å². The second kappa shape index (κ2) is 38.2. The average molecular weight is 810 g/mol. The van der Waals surface area contributed by atoms with Crippen LogP contribution in [0.3, 0.4) is 0 Å². The number of hydrogen-bond donors (Lipinski definition) is 0. The Morgan fingerprint density at radius 2 is 0.825 bits per heavy atom. The minimum atomic E-state index is -1.13. The molecule has 0 radical (unpaired) electrons. The van der Waals surface area contributed by atoms with Crippen molar-refractivity contribution in [1.29, 1.82) is 0 Å². The molecule has 57 heavy (non-hydrogen) atoms. The lowest BCUT2D eigenvalue weighted by atomic mass is 9.95. The Morgan fingerprint density at radius 1 is 0.474 bits per heavy atom. The van der Waals surface area contributed by atoms with Gasteiger partial charge in [-0.3, -0.25) is 14.4 Å². The van der Waals surface area contributed by atoms with Crippen molar-refractivity contribution in [3.05, 3.63) is 4.91 Å². The van der Waals surface area contributed by atoms with Crippen molar-refractivity contribution in [1.82, 2.24) is 4.90 Å². The van der Waals surface area contributed by atoms with Gasteiger partial charge >= 0.3 is 23.6 Å². The fourth-order valence-electron chi connectivity index (χ4n) is 7.49. The smallest absolute Gasteiger partial charge is 0.354 e. The Morgan fingerprint density at radius 3 is 1.21 bits per heavy atom. The van der Waals surface area contributed by atoms with Gasteiger partial charge in [-0.25, -0.2) is 0 Å². The molecular weight excluding hydrogens is 717 g/mol. The van der Waals surface area contributed by atoms with Crippen LogP contribution >= 0.6 is 0 Å². The molecule has 0 amide bonds. The molecule has 0 aromatic carbocycles. The van der Waals surface area contributed by atoms with Crippen LogP contribution in [0, 0.1) is 4.91 Å². The Bertz CT molecular complexity index is 922. The van der Waals surface area contributed by atoms with Crippen molar-refractivity contribution in [3.8, 4) is 0 Å². The van der Waals surface area contributed by atoms with Crippen LogP contribution in [0.25, 0.3) is 0 Å². The Hall–Kier alpha value is -2.03. The normalized spacial score (nSPS) is 11.8. The van der Waals surface area contributed by atoms with E-state index < -0.39 is 5.72 Å². The molecule has 0 aliphatic heterocycles. The van der Waals surface area contributed by atoms with Crippen molar-refractivity contribution in [3.63, 3.8) is 0 Å². The minimum absolute atomic E-state index is 0.0585. The number of nitrogens with zero attached hydrogens (tertiary/aromatic N) is 2. The number of nitroso groups, excluding NO2 is 1. The third-order valence-electron chi connectivity index (χ3n) is 11.2. The Balaban J connectivity index is 5.09. The van der Waals surface area contributed by atoms with Gasteiger partial charge in [-0.05, 0) is 91.3 Å². The van der Waals surface area contributed by atoms with Crippen LogP contribution in [0.2, 0.25) is 0 Å². The Kier molecular flexibility index (Phi) is 36.8. The summed E-state index contributed by atoms with van der Waals surface area (Å²) in [5.74, 6) is -0.378. The van der Waals surface area contributed by atoms with Gasteiger partial charge in [0, 0.05) is 35.4 Å². The highest BCUT2D eigenvalue weighted by Crippen LogP contribution is 2.30. The van der Waals surface area contributed by atoms with Crippen molar-refractivity contribution >= 4 is 17.9 Å². The maximum Gasteiger partial charge on any atom is 0.354 e. The lowest BCUT2D eigenvalue weighted by Gasteiger charge is -2.26. The molecule has 0 spiro atoms. The summed E-state index contributed by atoms with van der Waals surface area (Å²) in [5.41, 5.74) is -1.13. The highest BCUT2D eigenvalue weighted by Gasteiger charge is 2.48. The molecule has 0 fully saturated rings. The first-order chi connectivity index (χ1) is 27.6. The monoisotopic (exact) mass is 810 g/mol. The summed E-state index contributed by atoms with van der Waals surface area (Å²) in [7, 11) is 4.07. The summed E-state index contributed by atoms with van der Waals surface area (Å²) in [6, 6.07) is 0. The lowest BCUT2D eigenvalue weighted by molar-refractivity contribution is -0.675. The van der Waals surface area contributed by atoms with Crippen LogP contribution in [-0.4, -0.2) is 72.7 Å². The van der Waals surface area contributed by atoms with Gasteiger partial charge in [-0.15, -0.1) is 0 Å². The summed E-state index contributed by atoms with van der Waals surface area (Å²) in [4.78, 5) is 54.3. The third kappa shape index (κ3) is 31.6. The first-order valence-electron chi connectivity index (χ1n) is 24.3. The molecule has 0 saturated carbocycles. The highest BCUT2D eigenvalue weighted by atomic mass is 16.6. The summed E-state index contributed by atoms with van der Waals surface area (Å²) in [6.45, 7) is 12.1. The topological polar surface area (TPSA) is 102 Å². The van der Waals surface area contributed by atoms with Crippen molar-refractivity contribution in [2.24, 2.45) is 0 Å². The number of unbranched alkanes of at least 4 members (excludes halogenated alkanes) is 16. The molecule has 0 saturated heterocycles. The third-order valence-corrected chi connectivity index (χ3v) is 11.2. The molecule has 0 N–H and O–H groups in total. The lowest BCUT2D eigenvalue weighted by Crippen LogP contribution is -2.46. The molecule has 0 aliphatic rings. The zero-order valence-corrected chi connectivity index (χ0v) is 38.7. The fourth-order valence-corrected chi connectivity index (χ4v) is 7.49. The average Bonchev–Trinajstić information content (AvgIpc) is 3.19. The molecule has 0 rings (SSSR count). The summed E-state index contributed by atoms with van der Waals surface area (Å²) < 4.78 is 19.0. The number of hydrogen-bond acceptors (Lipinski definition) is 8. The standard InChI is InChI=1S/C48H93N2O7/c1-8-13-32-43(33-14-9-2)55-45(51)36-26-22-18-20-24-29-39-48(50(54)42-17-12-5,57-47(53)38-28-31-41-49(6)7)40-30-25-21-19-23-27-37-46(52)56-44(34-15-10-3)35-16-11-4/h43-44H,8-42H2,1-7H3/q+1. The van der Waals surface area contributed by atoms with Gasteiger partial charge in [0.1, 0.15) is 12.2 Å². The molecule has 9 nitrogen and oxygen atoms in total. The molecule has 9 heteroatoms. The van der Waals surface area contributed by atoms with E-state index in [2.05, 4.69) is 39.5 Å². The first kappa shape index (κ1) is 55.0. The van der Waals surface area contributed by atoms with E-state index in [1.165, 1.54) is 0 Å². The van der Waals surface area contributed by atoms with Gasteiger partial charge in [0.25, 0.3) is 0 Å². The zero-order valence-electron chi connectivity index (χ0n) is 38.7. The molecular formula is C48H93N2O7+. The van der Waals surface area contributed by atoms with E-state index in [1.807, 2.05) is 14.1 Å². The van der Waals surface area contributed by atoms with E-state index in [1.54, 1.807) is 0 Å². The quantitative estimate of drug-likeness (QED) is 0.0197. The fraction of sp³-hybridized carbons (Fsp3) is 0.938. The molecule has 0 atom stereocenters. The number of carbonyl (C=O) groups is 3. The van der Waals surface area contributed by atoms with Gasteiger partial charge < -0.3 is 19.1 Å². The number of rotatable bonds is 42. The van der Waals surface area contributed by atoms with Gasteiger partial charge in [-0.1, -0.05) is 137 Å². The molecule has 0 bridgehead atoms. The summed E-state index contributed by atoms with van der Waals surface area (Å²) in [6.07, 6.45) is 29.9. The minimum Gasteiger partial charge on any atom is -0.462 e. The van der Waals surface area contributed by atoms with Gasteiger partial charge in [-0.2, -0.15) is 0 Å². The van der Waals surface area contributed by atoms with Crippen molar-refractivity contribution < 1.29 is 33.4 Å². The van der Waals surface area contributed by atoms with Crippen LogP contribution in [0.4, 0.5) is 0 Å². The SMILES string of the molecule is CCCCC(CCCC)OC(=O)CCCCCCCCC(CCCCCCCCC(=O)OC(CCCC)CCCC)(OC(=O)CCCCN(C)C)[N+](=O)CCCC. The van der Waals surface area contributed by atoms with Crippen LogP contribution in [0.15, 0.2) is 0 Å². The number of carbonyl (C=O) groups excluding carboxylic acids is 3. The molecule has 336 valence electrons. The second-order valence-corrected chi connectivity index (χ2v) is 17.2. The maximum atomic E-state index is 13.8. The highest BCUT2D eigenvalue weighted by molar-refractivity contribution is 5.70. The van der Waals surface area contributed by atoms with Gasteiger partial charge in [0.2, 0.25) is 0 Å². The van der Waals surface area contributed by atoms with Crippen molar-refractivity contribution in [2.45, 2.75) is 264 Å². The van der Waals surface area contributed by atoms with E-state index in [0.29, 0.717) is 38.6 Å². The number of ether oxygens (including phenoxy) is 3. The van der Waals surface area contributed by atoms with Crippen LogP contribution in [0.1, 0.15) is 247 Å². The largest absolute Gasteiger partial charge is 0.462 e. The first-order valence-corrected chi connectivity index (χ1v) is 24.3. The molecule has 0 aromatic heterocycles. The van der Waals surface area contributed by atoms with Crippen LogP contribution < -0.4 is 0 Å². The van der Waals surface area contributed by atoms with E-state index in [4.69, 9.17) is 14.2 Å². The van der Waals surface area contributed by atoms with E-state index >= 15 is 0 Å². The summed E-state index contributed by atoms with van der Waals surface area (Å²) in [5, 5.41) is 0. The predicted molar refractivity (Wildman–Crippen MR) is 236 cm³/mol. The molecule has 0 aromatic rings. The van der Waals surface area contributed by atoms with Crippen LogP contribution in [-0.2, 0) is 28.6 Å². The molecule has 0 heterocycles. The molecule has 0 unspecified atom stereocenters. The van der Waals surface area contributed by atoms with Crippen molar-refractivity contribution in [2.75, 3.05) is 27.2 Å².